The summed E-state index contributed by atoms with van der Waals surface area (Å²) in [4.78, 5) is 17.4. The number of rotatable bonds is 3. The normalized spacial score (nSPS) is 14.6. The third kappa shape index (κ3) is 2.24. The summed E-state index contributed by atoms with van der Waals surface area (Å²) in [5.74, 6) is -0.0456. The number of hydrogen-bond donors (Lipinski definition) is 1. The van der Waals surface area contributed by atoms with Gasteiger partial charge in [0.1, 0.15) is 5.76 Å². The van der Waals surface area contributed by atoms with E-state index in [1.54, 1.807) is 12.1 Å². The van der Waals surface area contributed by atoms with E-state index in [4.69, 9.17) is 9.52 Å². The first-order valence-electron chi connectivity index (χ1n) is 6.10. The van der Waals surface area contributed by atoms with Crippen molar-refractivity contribution in [3.63, 3.8) is 0 Å². The number of benzene rings is 1. The first-order chi connectivity index (χ1) is 9.13. The fraction of sp³-hybridized carbons (Fsp3) is 0.286. The minimum Gasteiger partial charge on any atom is -0.478 e. The summed E-state index contributed by atoms with van der Waals surface area (Å²) >= 11 is 0. The molecule has 1 aromatic carbocycles. The number of aromatic carboxylic acids is 1. The molecule has 5 heteroatoms. The van der Waals surface area contributed by atoms with Crippen molar-refractivity contribution in [3.05, 3.63) is 52.7 Å². The molecule has 19 heavy (non-hydrogen) atoms. The lowest BCUT2D eigenvalue weighted by molar-refractivity contribution is 0.0696. The number of carboxylic acid groups (broad SMARTS) is 1. The molecule has 2 heterocycles. The highest BCUT2D eigenvalue weighted by Gasteiger charge is 2.21. The van der Waals surface area contributed by atoms with Crippen molar-refractivity contribution in [1.29, 1.82) is 0 Å². The lowest BCUT2D eigenvalue weighted by atomic mass is 10.1. The summed E-state index contributed by atoms with van der Waals surface area (Å²) in [5.41, 5.74) is 3.55. The number of fused-ring (bicyclic) bond motifs is 1. The molecule has 0 atom stereocenters. The number of aromatic nitrogens is 1. The Labute approximate surface area is 110 Å². The van der Waals surface area contributed by atoms with Crippen LogP contribution in [0.2, 0.25) is 0 Å². The SMILES string of the molecule is Cc1ocnc1CN1Cc2ccc(C(=O)O)cc2C1. The van der Waals surface area contributed by atoms with Gasteiger partial charge in [0.05, 0.1) is 11.3 Å². The van der Waals surface area contributed by atoms with Crippen molar-refractivity contribution in [2.24, 2.45) is 0 Å². The number of carboxylic acids is 1. The van der Waals surface area contributed by atoms with Crippen LogP contribution in [0.15, 0.2) is 29.0 Å². The topological polar surface area (TPSA) is 66.6 Å². The molecule has 5 nitrogen and oxygen atoms in total. The highest BCUT2D eigenvalue weighted by atomic mass is 16.4. The number of carbonyl (C=O) groups is 1. The fourth-order valence-electron chi connectivity index (χ4n) is 2.40. The van der Waals surface area contributed by atoms with E-state index in [0.29, 0.717) is 5.56 Å². The molecule has 0 fully saturated rings. The van der Waals surface area contributed by atoms with Crippen LogP contribution in [0.25, 0.3) is 0 Å². The van der Waals surface area contributed by atoms with E-state index in [2.05, 4.69) is 9.88 Å². The maximum absolute atomic E-state index is 10.9. The fourth-order valence-corrected chi connectivity index (χ4v) is 2.40. The van der Waals surface area contributed by atoms with Crippen molar-refractivity contribution in [1.82, 2.24) is 9.88 Å². The van der Waals surface area contributed by atoms with Gasteiger partial charge in [-0.3, -0.25) is 4.90 Å². The lowest BCUT2D eigenvalue weighted by Crippen LogP contribution is -2.16. The van der Waals surface area contributed by atoms with Gasteiger partial charge in [-0.2, -0.15) is 0 Å². The maximum Gasteiger partial charge on any atom is 0.335 e. The van der Waals surface area contributed by atoms with Crippen LogP contribution in [0.3, 0.4) is 0 Å². The Morgan fingerprint density at radius 3 is 2.89 bits per heavy atom. The second kappa shape index (κ2) is 4.51. The summed E-state index contributed by atoms with van der Waals surface area (Å²) in [6.07, 6.45) is 1.45. The first-order valence-corrected chi connectivity index (χ1v) is 6.10. The van der Waals surface area contributed by atoms with Crippen LogP contribution in [-0.2, 0) is 19.6 Å². The molecule has 1 aliphatic heterocycles. The Bertz CT molecular complexity index is 633. The van der Waals surface area contributed by atoms with Gasteiger partial charge in [-0.1, -0.05) is 6.07 Å². The Morgan fingerprint density at radius 2 is 2.21 bits per heavy atom. The van der Waals surface area contributed by atoms with E-state index in [1.165, 1.54) is 12.0 Å². The Balaban J connectivity index is 1.77. The second-order valence-electron chi connectivity index (χ2n) is 4.79. The first kappa shape index (κ1) is 11.9. The highest BCUT2D eigenvalue weighted by molar-refractivity contribution is 5.87. The summed E-state index contributed by atoms with van der Waals surface area (Å²) < 4.78 is 5.19. The van der Waals surface area contributed by atoms with E-state index in [-0.39, 0.29) is 0 Å². The third-order valence-corrected chi connectivity index (χ3v) is 3.46. The summed E-state index contributed by atoms with van der Waals surface area (Å²) in [5, 5.41) is 8.99. The molecule has 3 rings (SSSR count). The number of hydrogen-bond acceptors (Lipinski definition) is 4. The molecule has 1 aromatic heterocycles. The molecule has 0 aliphatic carbocycles. The summed E-state index contributed by atoms with van der Waals surface area (Å²) in [6, 6.07) is 5.31. The molecule has 0 amide bonds. The largest absolute Gasteiger partial charge is 0.478 e. The lowest BCUT2D eigenvalue weighted by Gasteiger charge is -2.12. The van der Waals surface area contributed by atoms with Crippen LogP contribution in [-0.4, -0.2) is 21.0 Å². The van der Waals surface area contributed by atoms with E-state index in [1.807, 2.05) is 13.0 Å². The van der Waals surface area contributed by atoms with Crippen LogP contribution < -0.4 is 0 Å². The average Bonchev–Trinajstić information content (AvgIpc) is 2.95. The van der Waals surface area contributed by atoms with Crippen molar-refractivity contribution in [3.8, 4) is 0 Å². The minimum atomic E-state index is -0.881. The Morgan fingerprint density at radius 1 is 1.42 bits per heavy atom. The van der Waals surface area contributed by atoms with Gasteiger partial charge in [-0.25, -0.2) is 9.78 Å². The van der Waals surface area contributed by atoms with Gasteiger partial charge >= 0.3 is 5.97 Å². The van der Waals surface area contributed by atoms with Crippen molar-refractivity contribution in [2.75, 3.05) is 0 Å². The average molecular weight is 258 g/mol. The van der Waals surface area contributed by atoms with Crippen LogP contribution in [0.5, 0.6) is 0 Å². The molecule has 2 aromatic rings. The van der Waals surface area contributed by atoms with Crippen molar-refractivity contribution < 1.29 is 14.3 Å². The standard InChI is InChI=1S/C14H14N2O3/c1-9-13(15-8-19-9)7-16-5-11-3-2-10(14(17)18)4-12(11)6-16/h2-4,8H,5-7H2,1H3,(H,17,18). The molecule has 0 saturated heterocycles. The van der Waals surface area contributed by atoms with Gasteiger partial charge in [0.25, 0.3) is 0 Å². The molecule has 98 valence electrons. The van der Waals surface area contributed by atoms with Gasteiger partial charge < -0.3 is 9.52 Å². The molecule has 0 radical (unpaired) electrons. The van der Waals surface area contributed by atoms with E-state index < -0.39 is 5.97 Å². The summed E-state index contributed by atoms with van der Waals surface area (Å²) in [7, 11) is 0. The van der Waals surface area contributed by atoms with E-state index in [9.17, 15) is 4.79 Å². The van der Waals surface area contributed by atoms with Gasteiger partial charge in [0.15, 0.2) is 6.39 Å². The van der Waals surface area contributed by atoms with E-state index >= 15 is 0 Å². The molecule has 0 unspecified atom stereocenters. The Kier molecular flexibility index (Phi) is 2.83. The number of nitrogens with zero attached hydrogens (tertiary/aromatic N) is 2. The third-order valence-electron chi connectivity index (χ3n) is 3.46. The quantitative estimate of drug-likeness (QED) is 0.914. The monoisotopic (exact) mass is 258 g/mol. The zero-order chi connectivity index (χ0) is 13.4. The zero-order valence-electron chi connectivity index (χ0n) is 10.6. The molecule has 1 N–H and O–H groups in total. The van der Waals surface area contributed by atoms with Crippen molar-refractivity contribution >= 4 is 5.97 Å². The van der Waals surface area contributed by atoms with Crippen LogP contribution in [0, 0.1) is 6.92 Å². The molecular formula is C14H14N2O3. The van der Waals surface area contributed by atoms with Crippen molar-refractivity contribution in [2.45, 2.75) is 26.6 Å². The number of oxazole rings is 1. The second-order valence-corrected chi connectivity index (χ2v) is 4.79. The maximum atomic E-state index is 10.9. The van der Waals surface area contributed by atoms with Gasteiger partial charge in [0, 0.05) is 19.6 Å². The Hall–Kier alpha value is -2.14. The minimum absolute atomic E-state index is 0.346. The number of aryl methyl sites for hydroxylation is 1. The van der Waals surface area contributed by atoms with E-state index in [0.717, 1.165) is 36.7 Å². The van der Waals surface area contributed by atoms with Crippen LogP contribution >= 0.6 is 0 Å². The predicted molar refractivity (Wildman–Crippen MR) is 67.6 cm³/mol. The molecule has 0 bridgehead atoms. The van der Waals surface area contributed by atoms with Gasteiger partial charge in [-0.05, 0) is 30.2 Å². The molecular weight excluding hydrogens is 244 g/mol. The zero-order valence-corrected chi connectivity index (χ0v) is 10.6. The highest BCUT2D eigenvalue weighted by Crippen LogP contribution is 2.25. The molecule has 0 spiro atoms. The van der Waals surface area contributed by atoms with Crippen LogP contribution in [0.1, 0.15) is 32.9 Å². The summed E-state index contributed by atoms with van der Waals surface area (Å²) in [6.45, 7) is 4.19. The van der Waals surface area contributed by atoms with Crippen LogP contribution in [0.4, 0.5) is 0 Å². The molecule has 1 aliphatic rings. The van der Waals surface area contributed by atoms with Gasteiger partial charge in [-0.15, -0.1) is 0 Å². The van der Waals surface area contributed by atoms with Gasteiger partial charge in [0.2, 0.25) is 0 Å². The smallest absolute Gasteiger partial charge is 0.335 e. The molecule has 0 saturated carbocycles. The predicted octanol–water partition coefficient (Wildman–Crippen LogP) is 2.20.